The van der Waals surface area contributed by atoms with Gasteiger partial charge in [-0.25, -0.2) is 0 Å². The molecule has 0 saturated heterocycles. The molecule has 0 aliphatic carbocycles. The zero-order chi connectivity index (χ0) is 12.5. The molecule has 96 valence electrons. The van der Waals surface area contributed by atoms with E-state index in [4.69, 9.17) is 4.74 Å². The van der Waals surface area contributed by atoms with E-state index in [2.05, 4.69) is 6.92 Å². The maximum absolute atomic E-state index is 9.37. The Morgan fingerprint density at radius 2 is 1.71 bits per heavy atom. The van der Waals surface area contributed by atoms with Crippen molar-refractivity contribution in [3.63, 3.8) is 0 Å². The molecule has 0 fully saturated rings. The Hall–Kier alpha value is -1.02. The van der Waals surface area contributed by atoms with Crippen molar-refractivity contribution >= 4 is 0 Å². The van der Waals surface area contributed by atoms with Gasteiger partial charge in [-0.15, -0.1) is 0 Å². The van der Waals surface area contributed by atoms with Crippen LogP contribution in [0.4, 0.5) is 0 Å². The predicted octanol–water partition coefficient (Wildman–Crippen LogP) is 4.09. The first-order valence-electron chi connectivity index (χ1n) is 6.65. The fourth-order valence-electron chi connectivity index (χ4n) is 1.74. The molecule has 0 bridgehead atoms. The topological polar surface area (TPSA) is 29.5 Å². The third-order valence-electron chi connectivity index (χ3n) is 2.88. The van der Waals surface area contributed by atoms with Gasteiger partial charge in [-0.1, -0.05) is 44.7 Å². The van der Waals surface area contributed by atoms with Gasteiger partial charge in [-0.3, -0.25) is 0 Å². The van der Waals surface area contributed by atoms with Gasteiger partial charge >= 0.3 is 0 Å². The third-order valence-corrected chi connectivity index (χ3v) is 2.88. The summed E-state index contributed by atoms with van der Waals surface area (Å²) < 4.78 is 5.64. The molecule has 0 aliphatic heterocycles. The molecular formula is C15H24O2. The summed E-state index contributed by atoms with van der Waals surface area (Å²) in [4.78, 5) is 0. The van der Waals surface area contributed by atoms with Crippen LogP contribution >= 0.6 is 0 Å². The Bertz CT molecular complexity index is 290. The second kappa shape index (κ2) is 8.13. The highest BCUT2D eigenvalue weighted by Crippen LogP contribution is 2.17. The van der Waals surface area contributed by atoms with Crippen LogP contribution < -0.4 is 4.74 Å². The summed E-state index contributed by atoms with van der Waals surface area (Å²) in [6.45, 7) is 4.78. The van der Waals surface area contributed by atoms with Gasteiger partial charge in [0.05, 0.1) is 12.7 Å². The number of benzene rings is 1. The molecule has 0 aliphatic rings. The molecule has 0 spiro atoms. The predicted molar refractivity (Wildman–Crippen MR) is 71.3 cm³/mol. The Kier molecular flexibility index (Phi) is 6.71. The third kappa shape index (κ3) is 5.73. The summed E-state index contributed by atoms with van der Waals surface area (Å²) in [5.41, 5.74) is 0.931. The number of aliphatic hydroxyl groups excluding tert-OH is 1. The van der Waals surface area contributed by atoms with Crippen molar-refractivity contribution in [1.82, 2.24) is 0 Å². The molecule has 1 aromatic rings. The van der Waals surface area contributed by atoms with Crippen molar-refractivity contribution in [3.8, 4) is 5.75 Å². The Morgan fingerprint density at radius 3 is 2.29 bits per heavy atom. The van der Waals surface area contributed by atoms with Gasteiger partial charge in [0.15, 0.2) is 0 Å². The fourth-order valence-corrected chi connectivity index (χ4v) is 1.74. The van der Waals surface area contributed by atoms with Crippen molar-refractivity contribution in [2.24, 2.45) is 0 Å². The average Bonchev–Trinajstić information content (AvgIpc) is 2.34. The van der Waals surface area contributed by atoms with Gasteiger partial charge in [0.1, 0.15) is 5.75 Å². The van der Waals surface area contributed by atoms with E-state index in [0.29, 0.717) is 0 Å². The van der Waals surface area contributed by atoms with Crippen molar-refractivity contribution in [2.45, 2.75) is 52.1 Å². The second-order valence-corrected chi connectivity index (χ2v) is 4.51. The molecule has 0 radical (unpaired) electrons. The van der Waals surface area contributed by atoms with Crippen molar-refractivity contribution < 1.29 is 9.84 Å². The number of ether oxygens (including phenoxy) is 1. The first kappa shape index (κ1) is 14.0. The molecule has 1 atom stereocenters. The van der Waals surface area contributed by atoms with Crippen LogP contribution in [0, 0.1) is 0 Å². The van der Waals surface area contributed by atoms with E-state index in [0.717, 1.165) is 24.3 Å². The molecule has 2 heteroatoms. The van der Waals surface area contributed by atoms with Gasteiger partial charge in [-0.2, -0.15) is 0 Å². The van der Waals surface area contributed by atoms with Gasteiger partial charge in [-0.05, 0) is 31.0 Å². The fraction of sp³-hybridized carbons (Fsp3) is 0.600. The summed E-state index contributed by atoms with van der Waals surface area (Å²) in [7, 11) is 0. The van der Waals surface area contributed by atoms with E-state index in [-0.39, 0.29) is 0 Å². The minimum absolute atomic E-state index is 0.405. The normalized spacial score (nSPS) is 12.4. The smallest absolute Gasteiger partial charge is 0.119 e. The Labute approximate surface area is 105 Å². The van der Waals surface area contributed by atoms with Crippen molar-refractivity contribution in [1.29, 1.82) is 0 Å². The number of aliphatic hydroxyl groups is 1. The summed E-state index contributed by atoms with van der Waals surface area (Å²) >= 11 is 0. The van der Waals surface area contributed by atoms with E-state index in [1.54, 1.807) is 6.92 Å². The van der Waals surface area contributed by atoms with E-state index in [1.165, 1.54) is 25.7 Å². The summed E-state index contributed by atoms with van der Waals surface area (Å²) in [5, 5.41) is 9.37. The summed E-state index contributed by atoms with van der Waals surface area (Å²) in [6.07, 6.45) is 5.88. The highest BCUT2D eigenvalue weighted by Gasteiger charge is 2.00. The first-order valence-corrected chi connectivity index (χ1v) is 6.65. The number of rotatable bonds is 8. The minimum atomic E-state index is -0.405. The molecule has 2 nitrogen and oxygen atoms in total. The highest BCUT2D eigenvalue weighted by atomic mass is 16.5. The van der Waals surface area contributed by atoms with E-state index < -0.39 is 6.10 Å². The van der Waals surface area contributed by atoms with Crippen LogP contribution in [0.5, 0.6) is 5.75 Å². The number of unbranched alkanes of at least 4 members (excludes halogenated alkanes) is 4. The van der Waals surface area contributed by atoms with Crippen molar-refractivity contribution in [2.75, 3.05) is 6.61 Å². The van der Waals surface area contributed by atoms with Gasteiger partial charge in [0.2, 0.25) is 0 Å². The zero-order valence-corrected chi connectivity index (χ0v) is 11.0. The van der Waals surface area contributed by atoms with Crippen LogP contribution in [-0.2, 0) is 0 Å². The van der Waals surface area contributed by atoms with Crippen LogP contribution in [0.25, 0.3) is 0 Å². The van der Waals surface area contributed by atoms with E-state index in [9.17, 15) is 5.11 Å². The lowest BCUT2D eigenvalue weighted by molar-refractivity contribution is 0.199. The van der Waals surface area contributed by atoms with Gasteiger partial charge in [0, 0.05) is 0 Å². The Morgan fingerprint density at radius 1 is 1.06 bits per heavy atom. The molecule has 0 saturated carbocycles. The van der Waals surface area contributed by atoms with Crippen LogP contribution in [0.1, 0.15) is 57.6 Å². The minimum Gasteiger partial charge on any atom is -0.494 e. The molecule has 17 heavy (non-hydrogen) atoms. The zero-order valence-electron chi connectivity index (χ0n) is 11.0. The molecule has 0 aromatic heterocycles. The maximum Gasteiger partial charge on any atom is 0.119 e. The van der Waals surface area contributed by atoms with E-state index in [1.807, 2.05) is 24.3 Å². The van der Waals surface area contributed by atoms with Crippen molar-refractivity contribution in [3.05, 3.63) is 29.8 Å². The maximum atomic E-state index is 9.37. The molecule has 1 unspecified atom stereocenters. The first-order chi connectivity index (χ1) is 8.24. The average molecular weight is 236 g/mol. The van der Waals surface area contributed by atoms with Gasteiger partial charge < -0.3 is 9.84 Å². The quantitative estimate of drug-likeness (QED) is 0.689. The lowest BCUT2D eigenvalue weighted by Crippen LogP contribution is -1.98. The highest BCUT2D eigenvalue weighted by molar-refractivity contribution is 5.28. The molecule has 0 heterocycles. The largest absolute Gasteiger partial charge is 0.494 e. The van der Waals surface area contributed by atoms with Crippen LogP contribution in [0.15, 0.2) is 24.3 Å². The van der Waals surface area contributed by atoms with Crippen LogP contribution in [0.3, 0.4) is 0 Å². The molecule has 0 amide bonds. The molecule has 1 N–H and O–H groups in total. The summed E-state index contributed by atoms with van der Waals surface area (Å²) in [6, 6.07) is 7.68. The van der Waals surface area contributed by atoms with Crippen LogP contribution in [0.2, 0.25) is 0 Å². The lowest BCUT2D eigenvalue weighted by Gasteiger charge is -2.08. The number of hydrogen-bond donors (Lipinski definition) is 1. The summed E-state index contributed by atoms with van der Waals surface area (Å²) in [5.74, 6) is 0.893. The van der Waals surface area contributed by atoms with Crippen LogP contribution in [-0.4, -0.2) is 11.7 Å². The monoisotopic (exact) mass is 236 g/mol. The molecule has 1 rings (SSSR count). The van der Waals surface area contributed by atoms with Gasteiger partial charge in [0.25, 0.3) is 0 Å². The van der Waals surface area contributed by atoms with E-state index >= 15 is 0 Å². The second-order valence-electron chi connectivity index (χ2n) is 4.51. The SMILES string of the molecule is CCCCCCCOc1ccc(C(C)O)cc1. The Balaban J connectivity index is 2.19. The molecular weight excluding hydrogens is 212 g/mol. The standard InChI is InChI=1S/C15H24O2/c1-3-4-5-6-7-12-17-15-10-8-14(9-11-15)13(2)16/h8-11,13,16H,3-7,12H2,1-2H3. The number of hydrogen-bond acceptors (Lipinski definition) is 2. The molecule has 1 aromatic carbocycles. The lowest BCUT2D eigenvalue weighted by atomic mass is 10.1.